The van der Waals surface area contributed by atoms with Crippen LogP contribution in [0.3, 0.4) is 0 Å². The van der Waals surface area contributed by atoms with Crippen LogP contribution in [0.25, 0.3) is 11.1 Å². The van der Waals surface area contributed by atoms with Crippen LogP contribution in [-0.2, 0) is 19.9 Å². The molecule has 1 fully saturated rings. The molecule has 1 aliphatic heterocycles. The Morgan fingerprint density at radius 1 is 0.750 bits per heavy atom. The first-order valence-corrected chi connectivity index (χ1v) is 16.8. The summed E-state index contributed by atoms with van der Waals surface area (Å²) in [5.74, 6) is -2.55. The molecule has 0 bridgehead atoms. The first-order valence-electron chi connectivity index (χ1n) is 13.3. The highest BCUT2D eigenvalue weighted by Gasteiger charge is 2.23. The molecule has 1 aliphatic rings. The number of sulfonamides is 1. The number of guanidine groups is 2. The van der Waals surface area contributed by atoms with Gasteiger partial charge in [-0.3, -0.25) is 20.2 Å². The Hall–Kier alpha value is -4.80. The van der Waals surface area contributed by atoms with Gasteiger partial charge < -0.3 is 16.4 Å². The van der Waals surface area contributed by atoms with Crippen molar-refractivity contribution in [3.8, 4) is 11.1 Å². The van der Waals surface area contributed by atoms with E-state index in [1.807, 2.05) is 4.90 Å². The molecule has 0 aromatic heterocycles. The van der Waals surface area contributed by atoms with Crippen LogP contribution in [0.1, 0.15) is 40.0 Å². The summed E-state index contributed by atoms with van der Waals surface area (Å²) >= 11 is 0. The van der Waals surface area contributed by atoms with E-state index in [4.69, 9.17) is 16.6 Å². The van der Waals surface area contributed by atoms with Crippen molar-refractivity contribution >= 4 is 49.3 Å². The van der Waals surface area contributed by atoms with Gasteiger partial charge >= 0.3 is 0 Å². The lowest BCUT2D eigenvalue weighted by atomic mass is 10.0. The number of sulfone groups is 1. The van der Waals surface area contributed by atoms with Gasteiger partial charge in [0.2, 0.25) is 21.9 Å². The number of hydrogen-bond donors (Lipinski definition) is 5. The van der Waals surface area contributed by atoms with Crippen molar-refractivity contribution in [2.75, 3.05) is 24.2 Å². The van der Waals surface area contributed by atoms with E-state index < -0.39 is 43.6 Å². The fourth-order valence-corrected chi connectivity index (χ4v) is 6.34. The van der Waals surface area contributed by atoms with Gasteiger partial charge in [0.1, 0.15) is 0 Å². The lowest BCUT2D eigenvalue weighted by molar-refractivity contribution is 0.0967. The second kappa shape index (κ2) is 13.2. The number of rotatable bonds is 7. The zero-order valence-corrected chi connectivity index (χ0v) is 25.4. The van der Waals surface area contributed by atoms with Crippen LogP contribution in [0.4, 0.5) is 5.69 Å². The van der Waals surface area contributed by atoms with Crippen molar-refractivity contribution in [3.05, 3.63) is 77.9 Å². The first kappa shape index (κ1) is 32.1. The Balaban J connectivity index is 1.47. The maximum absolute atomic E-state index is 12.8. The molecule has 44 heavy (non-hydrogen) atoms. The molecule has 16 heteroatoms. The summed E-state index contributed by atoms with van der Waals surface area (Å²) in [5, 5.41) is 17.1. The third kappa shape index (κ3) is 7.97. The summed E-state index contributed by atoms with van der Waals surface area (Å²) in [6.45, 7) is 1.44. The minimum Gasteiger partial charge on any atom is -0.370 e. The van der Waals surface area contributed by atoms with Crippen molar-refractivity contribution in [2.24, 2.45) is 26.8 Å². The first-order chi connectivity index (χ1) is 20.7. The minimum atomic E-state index is -4.20. The average Bonchev–Trinajstić information content (AvgIpc) is 2.99. The Kier molecular flexibility index (Phi) is 9.66. The van der Waals surface area contributed by atoms with Gasteiger partial charge in [-0.1, -0.05) is 36.4 Å². The van der Waals surface area contributed by atoms with Gasteiger partial charge in [0.05, 0.1) is 15.5 Å². The van der Waals surface area contributed by atoms with Gasteiger partial charge in [0, 0.05) is 36.0 Å². The fraction of sp³-hybridized carbons (Fsp3) is 0.214. The highest BCUT2D eigenvalue weighted by molar-refractivity contribution is 7.91. The maximum Gasteiger partial charge on any atom is 0.258 e. The summed E-state index contributed by atoms with van der Waals surface area (Å²) in [5.41, 5.74) is 12.9. The van der Waals surface area contributed by atoms with E-state index in [2.05, 4.69) is 20.8 Å². The number of hydrogen-bond acceptors (Lipinski definition) is 9. The Bertz CT molecular complexity index is 1850. The SMILES string of the molecule is CS(=O)(=O)c1cc(C(=O)NC(N)=NN=C(N)NC(=O)c2ccc(-c3ccccc3)c(S(N)(=O)=O)c2)ccc1N1CCCCC1. The van der Waals surface area contributed by atoms with E-state index in [1.54, 1.807) is 36.4 Å². The van der Waals surface area contributed by atoms with Crippen LogP contribution in [0.15, 0.2) is 86.7 Å². The Morgan fingerprint density at radius 3 is 1.80 bits per heavy atom. The van der Waals surface area contributed by atoms with E-state index in [-0.39, 0.29) is 20.9 Å². The summed E-state index contributed by atoms with van der Waals surface area (Å²) in [6, 6.07) is 16.9. The number of nitrogens with zero attached hydrogens (tertiary/aromatic N) is 3. The molecule has 14 nitrogen and oxygen atoms in total. The number of piperidine rings is 1. The molecule has 0 aliphatic carbocycles. The van der Waals surface area contributed by atoms with Crippen molar-refractivity contribution in [3.63, 3.8) is 0 Å². The van der Waals surface area contributed by atoms with Gasteiger partial charge in [0.15, 0.2) is 9.84 Å². The van der Waals surface area contributed by atoms with E-state index in [0.717, 1.165) is 44.7 Å². The number of benzene rings is 3. The van der Waals surface area contributed by atoms with Crippen molar-refractivity contribution in [1.82, 2.24) is 10.6 Å². The number of nitrogens with two attached hydrogens (primary N) is 3. The molecular formula is C28H32N8O6S2. The molecule has 1 saturated heterocycles. The van der Waals surface area contributed by atoms with Gasteiger partial charge in [0.25, 0.3) is 11.8 Å². The number of nitrogens with one attached hydrogen (secondary N) is 2. The number of carbonyl (C=O) groups is 2. The van der Waals surface area contributed by atoms with Crippen LogP contribution in [0, 0.1) is 0 Å². The predicted octanol–water partition coefficient (Wildman–Crippen LogP) is 1.10. The largest absolute Gasteiger partial charge is 0.370 e. The van der Waals surface area contributed by atoms with Gasteiger partial charge in [-0.2, -0.15) is 0 Å². The average molecular weight is 641 g/mol. The van der Waals surface area contributed by atoms with Crippen LogP contribution in [0.2, 0.25) is 0 Å². The molecule has 2 amide bonds. The minimum absolute atomic E-state index is 0.0231. The molecular weight excluding hydrogens is 608 g/mol. The van der Waals surface area contributed by atoms with Crippen LogP contribution < -0.4 is 32.1 Å². The molecule has 0 saturated carbocycles. The number of carbonyl (C=O) groups excluding carboxylic acids is 2. The van der Waals surface area contributed by atoms with Crippen LogP contribution >= 0.6 is 0 Å². The lowest BCUT2D eigenvalue weighted by Crippen LogP contribution is -2.38. The standard InChI is InChI=1S/C28H32N8O6S2/c1-43(39,40)24-17-20(11-13-22(24)36-14-6-3-7-15-36)26(38)33-28(30)35-34-27(29)32-25(37)19-10-12-21(18-8-4-2-5-9-18)23(16-19)44(31,41)42/h2,4-5,8-13,16-17H,3,6-7,14-15H2,1H3,(H2,31,41,42)(H3,29,32,34,37)(H3,30,33,35,38). The highest BCUT2D eigenvalue weighted by atomic mass is 32.2. The molecule has 4 rings (SSSR count). The third-order valence-corrected chi connectivity index (χ3v) is 8.78. The van der Waals surface area contributed by atoms with E-state index in [0.29, 0.717) is 16.8 Å². The molecule has 0 spiro atoms. The summed E-state index contributed by atoms with van der Waals surface area (Å²) in [6.07, 6.45) is 4.04. The lowest BCUT2D eigenvalue weighted by Gasteiger charge is -2.30. The van der Waals surface area contributed by atoms with E-state index in [1.165, 1.54) is 24.3 Å². The zero-order valence-electron chi connectivity index (χ0n) is 23.7. The second-order valence-electron chi connectivity index (χ2n) is 10.0. The molecule has 0 unspecified atom stereocenters. The molecule has 3 aromatic carbocycles. The summed E-state index contributed by atoms with van der Waals surface area (Å²) < 4.78 is 49.5. The van der Waals surface area contributed by atoms with Crippen LogP contribution in [-0.4, -0.2) is 59.9 Å². The monoisotopic (exact) mass is 640 g/mol. The summed E-state index contributed by atoms with van der Waals surface area (Å²) in [7, 11) is -7.85. The Labute approximate surface area is 255 Å². The third-order valence-electron chi connectivity index (χ3n) is 6.70. The summed E-state index contributed by atoms with van der Waals surface area (Å²) in [4.78, 5) is 27.3. The molecule has 8 N–H and O–H groups in total. The smallest absolute Gasteiger partial charge is 0.258 e. The highest BCUT2D eigenvalue weighted by Crippen LogP contribution is 2.29. The molecule has 3 aromatic rings. The van der Waals surface area contributed by atoms with Crippen molar-refractivity contribution < 1.29 is 26.4 Å². The van der Waals surface area contributed by atoms with Gasteiger partial charge in [-0.05, 0) is 55.2 Å². The molecule has 1 heterocycles. The number of anilines is 1. The molecule has 0 radical (unpaired) electrons. The zero-order chi connectivity index (χ0) is 32.1. The van der Waals surface area contributed by atoms with Crippen molar-refractivity contribution in [1.29, 1.82) is 0 Å². The van der Waals surface area contributed by atoms with Crippen LogP contribution in [0.5, 0.6) is 0 Å². The van der Waals surface area contributed by atoms with Gasteiger partial charge in [-0.25, -0.2) is 22.0 Å². The normalized spacial score (nSPS) is 14.6. The number of primary sulfonamides is 1. The number of amides is 2. The topological polar surface area (TPSA) is 232 Å². The van der Waals surface area contributed by atoms with Gasteiger partial charge in [-0.15, -0.1) is 10.2 Å². The Morgan fingerprint density at radius 2 is 1.27 bits per heavy atom. The van der Waals surface area contributed by atoms with E-state index in [9.17, 15) is 26.4 Å². The molecule has 232 valence electrons. The predicted molar refractivity (Wildman–Crippen MR) is 167 cm³/mol. The fourth-order valence-electron chi connectivity index (χ4n) is 4.64. The second-order valence-corrected chi connectivity index (χ2v) is 13.5. The van der Waals surface area contributed by atoms with Crippen molar-refractivity contribution in [2.45, 2.75) is 29.1 Å². The molecule has 0 atom stereocenters. The quantitative estimate of drug-likeness (QED) is 0.141. The maximum atomic E-state index is 12.8. The van der Waals surface area contributed by atoms with E-state index >= 15 is 0 Å².